The van der Waals surface area contributed by atoms with Crippen LogP contribution in [0.5, 0.6) is 0 Å². The van der Waals surface area contributed by atoms with E-state index in [9.17, 15) is 10.1 Å². The first kappa shape index (κ1) is 18.5. The van der Waals surface area contributed by atoms with Gasteiger partial charge in [-0.15, -0.1) is 0 Å². The third-order valence-corrected chi connectivity index (χ3v) is 1.58. The molecule has 0 aromatic carbocycles. The van der Waals surface area contributed by atoms with Gasteiger partial charge in [0.05, 0.1) is 0 Å². The van der Waals surface area contributed by atoms with Crippen LogP contribution in [0.15, 0.2) is 23.4 Å². The van der Waals surface area contributed by atoms with Crippen LogP contribution in [0.25, 0.3) is 26.4 Å². The summed E-state index contributed by atoms with van der Waals surface area (Å²) < 4.78 is 0. The minimum absolute atomic E-state index is 0. The van der Waals surface area contributed by atoms with Crippen molar-refractivity contribution in [2.45, 2.75) is 6.42 Å². The Morgan fingerprint density at radius 3 is 2.56 bits per heavy atom. The SMILES string of the molecule is [N-]=[N+]=NCCc1cccnc1[N+](=O)[O-].[N-]=[N+]=[N-].[Na+]. The van der Waals surface area contributed by atoms with Crippen LogP contribution in [0, 0.1) is 10.1 Å². The molecule has 0 spiro atoms. The Bertz CT molecular complexity index is 466. The van der Waals surface area contributed by atoms with Crippen molar-refractivity contribution >= 4 is 5.82 Å². The molecular weight excluding hydrogens is 251 g/mol. The Balaban J connectivity index is 0. The molecule has 88 valence electrons. The molecule has 1 heterocycles. The second-order valence-electron chi connectivity index (χ2n) is 2.54. The number of nitrogens with zero attached hydrogens (tertiary/aromatic N) is 8. The summed E-state index contributed by atoms with van der Waals surface area (Å²) in [5, 5.41) is 13.8. The van der Waals surface area contributed by atoms with E-state index in [1.807, 2.05) is 0 Å². The van der Waals surface area contributed by atoms with Gasteiger partial charge in [0.2, 0.25) is 0 Å². The summed E-state index contributed by atoms with van der Waals surface area (Å²) in [7, 11) is 0. The van der Waals surface area contributed by atoms with E-state index in [1.165, 1.54) is 11.1 Å². The van der Waals surface area contributed by atoms with Gasteiger partial charge in [0, 0.05) is 17.0 Å². The topological polar surface area (TPSA) is 163 Å². The molecule has 0 amide bonds. The van der Waals surface area contributed by atoms with Gasteiger partial charge in [0.25, 0.3) is 0 Å². The Morgan fingerprint density at radius 1 is 1.44 bits per heavy atom. The smallest absolute Gasteiger partial charge is 0.373 e. The summed E-state index contributed by atoms with van der Waals surface area (Å²) in [6.07, 6.45) is 1.68. The molecule has 18 heavy (non-hydrogen) atoms. The van der Waals surface area contributed by atoms with Gasteiger partial charge in [-0.05, 0) is 34.0 Å². The quantitative estimate of drug-likeness (QED) is 0.181. The van der Waals surface area contributed by atoms with Gasteiger partial charge in [-0.3, -0.25) is 4.91 Å². The van der Waals surface area contributed by atoms with Crippen LogP contribution >= 0.6 is 0 Å². The number of hydrogen-bond donors (Lipinski definition) is 0. The maximum Gasteiger partial charge on any atom is 1.00 e. The first-order chi connectivity index (χ1) is 8.17. The van der Waals surface area contributed by atoms with Gasteiger partial charge >= 0.3 is 35.4 Å². The summed E-state index contributed by atoms with van der Waals surface area (Å²) in [5.74, 6) is -0.180. The van der Waals surface area contributed by atoms with E-state index < -0.39 is 4.92 Å². The molecule has 1 aromatic heterocycles. The third kappa shape index (κ3) is 7.44. The molecular formula is C7H7N8NaO2. The second-order valence-corrected chi connectivity index (χ2v) is 2.54. The number of azide groups is 1. The van der Waals surface area contributed by atoms with E-state index in [0.717, 1.165) is 0 Å². The monoisotopic (exact) mass is 258 g/mol. The summed E-state index contributed by atoms with van der Waals surface area (Å²) in [6, 6.07) is 3.20. The fraction of sp³-hybridized carbons (Fsp3) is 0.286. The fourth-order valence-corrected chi connectivity index (χ4v) is 1.00. The molecule has 0 saturated heterocycles. The predicted molar refractivity (Wildman–Crippen MR) is 58.7 cm³/mol. The average molecular weight is 258 g/mol. The van der Waals surface area contributed by atoms with Crippen molar-refractivity contribution in [2.75, 3.05) is 6.54 Å². The number of rotatable bonds is 4. The third-order valence-electron chi connectivity index (χ3n) is 1.58. The summed E-state index contributed by atoms with van der Waals surface area (Å²) in [5.41, 5.74) is 22.0. The Labute approximate surface area is 124 Å². The molecule has 1 aromatic rings. The number of pyridine rings is 1. The van der Waals surface area contributed by atoms with Crippen molar-refractivity contribution in [3.8, 4) is 0 Å². The zero-order valence-corrected chi connectivity index (χ0v) is 11.5. The van der Waals surface area contributed by atoms with Crippen molar-refractivity contribution in [1.82, 2.24) is 4.98 Å². The molecule has 0 bridgehead atoms. The molecule has 11 heteroatoms. The molecule has 0 aliphatic heterocycles. The van der Waals surface area contributed by atoms with E-state index in [1.54, 1.807) is 12.1 Å². The average Bonchev–Trinajstić information content (AvgIpc) is 2.31. The first-order valence-electron chi connectivity index (χ1n) is 4.25. The fourth-order valence-electron chi connectivity index (χ4n) is 1.00. The van der Waals surface area contributed by atoms with Crippen LogP contribution in [-0.2, 0) is 6.42 Å². The molecule has 0 radical (unpaired) electrons. The van der Waals surface area contributed by atoms with Gasteiger partial charge in [-0.1, -0.05) is 5.11 Å². The van der Waals surface area contributed by atoms with Gasteiger partial charge in [0.15, 0.2) is 0 Å². The molecule has 0 unspecified atom stereocenters. The van der Waals surface area contributed by atoms with E-state index >= 15 is 0 Å². The van der Waals surface area contributed by atoms with Crippen LogP contribution < -0.4 is 29.6 Å². The molecule has 10 nitrogen and oxygen atoms in total. The van der Waals surface area contributed by atoms with Crippen molar-refractivity contribution in [3.05, 3.63) is 60.4 Å². The first-order valence-corrected chi connectivity index (χ1v) is 4.25. The normalized spacial score (nSPS) is 7.56. The standard InChI is InChI=1S/C7H7N5O2.N3.Na/c8-11-10-5-3-6-2-1-4-9-7(6)12(13)14;1-3-2;/h1-2,4H,3,5H2;;/q;-1;+1. The van der Waals surface area contributed by atoms with Gasteiger partial charge < -0.3 is 21.2 Å². The second kappa shape index (κ2) is 11.6. The number of hydrogen-bond acceptors (Lipinski definition) is 4. The number of nitro groups is 1. The van der Waals surface area contributed by atoms with Crippen molar-refractivity contribution < 1.29 is 34.5 Å². The minimum atomic E-state index is -0.550. The maximum absolute atomic E-state index is 10.5. The van der Waals surface area contributed by atoms with Crippen molar-refractivity contribution in [3.63, 3.8) is 0 Å². The van der Waals surface area contributed by atoms with Crippen LogP contribution in [0.3, 0.4) is 0 Å². The van der Waals surface area contributed by atoms with Crippen LogP contribution in [0.1, 0.15) is 5.56 Å². The maximum atomic E-state index is 10.5. The molecule has 0 aliphatic rings. The van der Waals surface area contributed by atoms with Gasteiger partial charge in [-0.2, -0.15) is 0 Å². The van der Waals surface area contributed by atoms with Crippen LogP contribution in [0.4, 0.5) is 5.82 Å². The van der Waals surface area contributed by atoms with Crippen LogP contribution in [0.2, 0.25) is 0 Å². The van der Waals surface area contributed by atoms with Gasteiger partial charge in [0.1, 0.15) is 6.20 Å². The van der Waals surface area contributed by atoms with Crippen molar-refractivity contribution in [2.24, 2.45) is 5.11 Å². The largest absolute Gasteiger partial charge is 1.00 e. The van der Waals surface area contributed by atoms with Gasteiger partial charge in [-0.25, -0.2) is 0 Å². The number of aromatic nitrogens is 1. The van der Waals surface area contributed by atoms with E-state index in [-0.39, 0.29) is 41.9 Å². The van der Waals surface area contributed by atoms with E-state index in [4.69, 9.17) is 16.6 Å². The zero-order chi connectivity index (χ0) is 13.1. The molecule has 0 aliphatic carbocycles. The Kier molecular flexibility index (Phi) is 12.0. The molecule has 1 rings (SSSR count). The molecule has 0 fully saturated rings. The Morgan fingerprint density at radius 2 is 2.06 bits per heavy atom. The summed E-state index contributed by atoms with van der Waals surface area (Å²) >= 11 is 0. The molecule has 0 N–H and O–H groups in total. The van der Waals surface area contributed by atoms with Crippen molar-refractivity contribution in [1.29, 1.82) is 0 Å². The molecule has 0 saturated carbocycles. The predicted octanol–water partition coefficient (Wildman–Crippen LogP) is -0.287. The molecule has 0 atom stereocenters. The summed E-state index contributed by atoms with van der Waals surface area (Å²) in [4.78, 5) is 17.6. The van der Waals surface area contributed by atoms with Crippen LogP contribution in [-0.4, -0.2) is 16.5 Å². The minimum Gasteiger partial charge on any atom is -0.373 e. The summed E-state index contributed by atoms with van der Waals surface area (Å²) in [6.45, 7) is 0.197. The van der Waals surface area contributed by atoms with E-state index in [0.29, 0.717) is 12.0 Å². The Hall–Kier alpha value is -1.83. The zero-order valence-electron chi connectivity index (χ0n) is 9.54. The van der Waals surface area contributed by atoms with E-state index in [2.05, 4.69) is 15.0 Å².